The van der Waals surface area contributed by atoms with E-state index in [4.69, 9.17) is 11.6 Å². The van der Waals surface area contributed by atoms with Gasteiger partial charge in [-0.05, 0) is 42.3 Å². The van der Waals surface area contributed by atoms with Crippen LogP contribution in [-0.4, -0.2) is 44.8 Å². The standard InChI is InChI=1S/C26H27ClFN3O4S/c1-3-24(26(33)29-2)30(17-19-10-6-4-7-11-19)25(32)18-31(20-14-15-23(28)22(27)16-20)36(34,35)21-12-8-5-9-13-21/h4-16,24H,3,17-18H2,1-2H3,(H,29,33)/t24-/m1/s1. The summed E-state index contributed by atoms with van der Waals surface area (Å²) >= 11 is 5.95. The van der Waals surface area contributed by atoms with Crippen molar-refractivity contribution in [2.75, 3.05) is 17.9 Å². The number of benzene rings is 3. The Balaban J connectivity index is 2.06. The fraction of sp³-hybridized carbons (Fsp3) is 0.231. The van der Waals surface area contributed by atoms with Crippen LogP contribution in [0.2, 0.25) is 5.02 Å². The van der Waals surface area contributed by atoms with Gasteiger partial charge in [0.25, 0.3) is 10.0 Å². The van der Waals surface area contributed by atoms with Gasteiger partial charge in [0.15, 0.2) is 0 Å². The Hall–Kier alpha value is -3.43. The maximum absolute atomic E-state index is 13.9. The molecule has 0 spiro atoms. The minimum Gasteiger partial charge on any atom is -0.357 e. The van der Waals surface area contributed by atoms with Crippen LogP contribution in [0.25, 0.3) is 0 Å². The van der Waals surface area contributed by atoms with Gasteiger partial charge < -0.3 is 10.2 Å². The monoisotopic (exact) mass is 531 g/mol. The molecule has 0 saturated heterocycles. The van der Waals surface area contributed by atoms with Crippen molar-refractivity contribution >= 4 is 39.1 Å². The van der Waals surface area contributed by atoms with E-state index in [0.717, 1.165) is 22.0 Å². The largest absolute Gasteiger partial charge is 0.357 e. The summed E-state index contributed by atoms with van der Waals surface area (Å²) in [5.74, 6) is -1.70. The van der Waals surface area contributed by atoms with Gasteiger partial charge in [-0.2, -0.15) is 0 Å². The highest BCUT2D eigenvalue weighted by atomic mass is 35.5. The van der Waals surface area contributed by atoms with E-state index in [2.05, 4.69) is 5.32 Å². The van der Waals surface area contributed by atoms with E-state index < -0.39 is 34.3 Å². The molecular weight excluding hydrogens is 505 g/mol. The highest BCUT2D eigenvalue weighted by molar-refractivity contribution is 7.92. The number of carbonyl (C=O) groups is 2. The zero-order chi connectivity index (χ0) is 26.3. The van der Waals surface area contributed by atoms with Crippen molar-refractivity contribution in [2.24, 2.45) is 0 Å². The van der Waals surface area contributed by atoms with Gasteiger partial charge in [-0.15, -0.1) is 0 Å². The van der Waals surface area contributed by atoms with Crippen molar-refractivity contribution in [3.63, 3.8) is 0 Å². The van der Waals surface area contributed by atoms with Gasteiger partial charge in [0.05, 0.1) is 15.6 Å². The maximum atomic E-state index is 13.9. The fourth-order valence-corrected chi connectivity index (χ4v) is 5.36. The second-order valence-electron chi connectivity index (χ2n) is 7.97. The number of halogens is 2. The molecule has 1 N–H and O–H groups in total. The molecule has 10 heteroatoms. The molecule has 190 valence electrons. The first-order chi connectivity index (χ1) is 17.2. The molecule has 36 heavy (non-hydrogen) atoms. The summed E-state index contributed by atoms with van der Waals surface area (Å²) in [6.45, 7) is 1.23. The van der Waals surface area contributed by atoms with Crippen LogP contribution in [0.3, 0.4) is 0 Å². The van der Waals surface area contributed by atoms with E-state index in [-0.39, 0.29) is 28.1 Å². The quantitative estimate of drug-likeness (QED) is 0.424. The van der Waals surface area contributed by atoms with Crippen molar-refractivity contribution in [1.82, 2.24) is 10.2 Å². The lowest BCUT2D eigenvalue weighted by Gasteiger charge is -2.33. The minimum atomic E-state index is -4.24. The van der Waals surface area contributed by atoms with Gasteiger partial charge in [0.2, 0.25) is 11.8 Å². The molecule has 0 aliphatic carbocycles. The molecule has 0 aliphatic rings. The molecule has 0 fully saturated rings. The molecule has 0 aromatic heterocycles. The van der Waals surface area contributed by atoms with Crippen molar-refractivity contribution < 1.29 is 22.4 Å². The number of hydrogen-bond acceptors (Lipinski definition) is 4. The molecule has 3 rings (SSSR count). The Bertz CT molecular complexity index is 1310. The number of anilines is 1. The summed E-state index contributed by atoms with van der Waals surface area (Å²) in [6, 6.07) is 19.3. The van der Waals surface area contributed by atoms with Gasteiger partial charge in [0, 0.05) is 13.6 Å². The molecule has 2 amide bonds. The number of sulfonamides is 1. The van der Waals surface area contributed by atoms with Crippen LogP contribution >= 0.6 is 11.6 Å². The number of nitrogens with one attached hydrogen (secondary N) is 1. The molecule has 0 bridgehead atoms. The average molecular weight is 532 g/mol. The number of hydrogen-bond donors (Lipinski definition) is 1. The van der Waals surface area contributed by atoms with Crippen molar-refractivity contribution in [1.29, 1.82) is 0 Å². The third-order valence-electron chi connectivity index (χ3n) is 5.63. The molecule has 1 atom stereocenters. The lowest BCUT2D eigenvalue weighted by atomic mass is 10.1. The normalized spacial score (nSPS) is 12.0. The molecule has 0 heterocycles. The molecule has 0 saturated carbocycles. The minimum absolute atomic E-state index is 0.0197. The van der Waals surface area contributed by atoms with Gasteiger partial charge in [-0.25, -0.2) is 12.8 Å². The second-order valence-corrected chi connectivity index (χ2v) is 10.2. The molecule has 0 aliphatic heterocycles. The lowest BCUT2D eigenvalue weighted by Crippen LogP contribution is -2.51. The number of rotatable bonds is 10. The maximum Gasteiger partial charge on any atom is 0.264 e. The first kappa shape index (κ1) is 27.2. The van der Waals surface area contributed by atoms with Crippen LogP contribution in [0.1, 0.15) is 18.9 Å². The second kappa shape index (κ2) is 12.0. The third-order valence-corrected chi connectivity index (χ3v) is 7.71. The predicted molar refractivity (Wildman–Crippen MR) is 138 cm³/mol. The van der Waals surface area contributed by atoms with Crippen LogP contribution in [0.15, 0.2) is 83.8 Å². The first-order valence-electron chi connectivity index (χ1n) is 11.3. The van der Waals surface area contributed by atoms with Gasteiger partial charge >= 0.3 is 0 Å². The summed E-state index contributed by atoms with van der Waals surface area (Å²) < 4.78 is 42.0. The Morgan fingerprint density at radius 1 is 1.00 bits per heavy atom. The van der Waals surface area contributed by atoms with Crippen molar-refractivity contribution in [2.45, 2.75) is 30.8 Å². The Morgan fingerprint density at radius 2 is 1.61 bits per heavy atom. The van der Waals surface area contributed by atoms with E-state index >= 15 is 0 Å². The zero-order valence-corrected chi connectivity index (χ0v) is 21.5. The Kier molecular flexibility index (Phi) is 9.06. The average Bonchev–Trinajstić information content (AvgIpc) is 2.89. The lowest BCUT2D eigenvalue weighted by molar-refractivity contribution is -0.140. The van der Waals surface area contributed by atoms with Gasteiger partial charge in [-0.3, -0.25) is 13.9 Å². The topological polar surface area (TPSA) is 86.8 Å². The van der Waals surface area contributed by atoms with E-state index in [1.165, 1.54) is 30.1 Å². The van der Waals surface area contributed by atoms with E-state index in [1.807, 2.05) is 30.3 Å². The molecule has 7 nitrogen and oxygen atoms in total. The summed E-state index contributed by atoms with van der Waals surface area (Å²) in [7, 11) is -2.76. The fourth-order valence-electron chi connectivity index (χ4n) is 3.75. The number of carbonyl (C=O) groups excluding carboxylic acids is 2. The number of amides is 2. The molecule has 0 radical (unpaired) electrons. The molecule has 3 aromatic rings. The summed E-state index contributed by atoms with van der Waals surface area (Å²) in [6.07, 6.45) is 0.312. The summed E-state index contributed by atoms with van der Waals surface area (Å²) in [4.78, 5) is 27.7. The smallest absolute Gasteiger partial charge is 0.264 e. The Morgan fingerprint density at radius 3 is 2.17 bits per heavy atom. The van der Waals surface area contributed by atoms with Crippen LogP contribution in [0, 0.1) is 5.82 Å². The van der Waals surface area contributed by atoms with Crippen LogP contribution < -0.4 is 9.62 Å². The Labute approximate surface area is 215 Å². The highest BCUT2D eigenvalue weighted by Gasteiger charge is 2.33. The number of nitrogens with zero attached hydrogens (tertiary/aromatic N) is 2. The van der Waals surface area contributed by atoms with E-state index in [0.29, 0.717) is 6.42 Å². The molecule has 0 unspecified atom stereocenters. The van der Waals surface area contributed by atoms with Crippen LogP contribution in [0.4, 0.5) is 10.1 Å². The van der Waals surface area contributed by atoms with Gasteiger partial charge in [-0.1, -0.05) is 67.1 Å². The van der Waals surface area contributed by atoms with Gasteiger partial charge in [0.1, 0.15) is 18.4 Å². The molecule has 3 aromatic carbocycles. The highest BCUT2D eigenvalue weighted by Crippen LogP contribution is 2.28. The first-order valence-corrected chi connectivity index (χ1v) is 13.1. The van der Waals surface area contributed by atoms with Crippen LogP contribution in [-0.2, 0) is 26.2 Å². The summed E-state index contributed by atoms with van der Waals surface area (Å²) in [5.41, 5.74) is 0.793. The third kappa shape index (κ3) is 6.22. The summed E-state index contributed by atoms with van der Waals surface area (Å²) in [5, 5.41) is 2.28. The zero-order valence-electron chi connectivity index (χ0n) is 19.9. The van der Waals surface area contributed by atoms with Crippen molar-refractivity contribution in [3.8, 4) is 0 Å². The predicted octanol–water partition coefficient (Wildman–Crippen LogP) is 4.23. The molecular formula is C26H27ClFN3O4S. The van der Waals surface area contributed by atoms with Crippen LogP contribution in [0.5, 0.6) is 0 Å². The van der Waals surface area contributed by atoms with E-state index in [1.54, 1.807) is 25.1 Å². The SMILES string of the molecule is CC[C@H](C(=O)NC)N(Cc1ccccc1)C(=O)CN(c1ccc(F)c(Cl)c1)S(=O)(=O)c1ccccc1. The van der Waals surface area contributed by atoms with E-state index in [9.17, 15) is 22.4 Å². The van der Waals surface area contributed by atoms with Crippen molar-refractivity contribution in [3.05, 3.63) is 95.3 Å². The number of likely N-dealkylation sites (N-methyl/N-ethyl adjacent to an activating group) is 1.